The van der Waals surface area contributed by atoms with E-state index < -0.39 is 0 Å². The molecule has 1 aliphatic heterocycles. The molecule has 1 aliphatic rings. The van der Waals surface area contributed by atoms with Crippen molar-refractivity contribution in [3.8, 4) is 0 Å². The number of ether oxygens (including phenoxy) is 1. The predicted molar refractivity (Wildman–Crippen MR) is 115 cm³/mol. The Hall–Kier alpha value is -2.38. The fraction of sp³-hybridized carbons (Fsp3) is 0.545. The van der Waals surface area contributed by atoms with Crippen LogP contribution in [0.15, 0.2) is 24.3 Å². The first-order valence-corrected chi connectivity index (χ1v) is 10.5. The second kappa shape index (κ2) is 9.89. The highest BCUT2D eigenvalue weighted by molar-refractivity contribution is 6.00. The van der Waals surface area contributed by atoms with Crippen molar-refractivity contribution in [3.63, 3.8) is 0 Å². The largest absolute Gasteiger partial charge is 0.379 e. The fourth-order valence-corrected chi connectivity index (χ4v) is 3.53. The van der Waals surface area contributed by atoms with Crippen LogP contribution < -0.4 is 10.6 Å². The number of hydrogen-bond donors (Lipinski definition) is 2. The molecule has 7 heteroatoms. The highest BCUT2D eigenvalue weighted by atomic mass is 16.5. The molecule has 0 bridgehead atoms. The monoisotopic (exact) mass is 400 g/mol. The standard InChI is InChI=1S/C22H32N4O3/c1-4-8-26-19-6-5-18(24-21(27)16(2)3)14-17(19)15-20(26)22(28)23-7-9-25-10-12-29-13-11-25/h5-6,14-16H,4,7-13H2,1-3H3,(H,23,28)(H,24,27). The number of aryl methyl sites for hydroxylation is 1. The van der Waals surface area contributed by atoms with Gasteiger partial charge < -0.3 is 19.9 Å². The summed E-state index contributed by atoms with van der Waals surface area (Å²) in [5.41, 5.74) is 2.42. The van der Waals surface area contributed by atoms with Gasteiger partial charge in [0.05, 0.1) is 13.2 Å². The van der Waals surface area contributed by atoms with E-state index >= 15 is 0 Å². The molecular formula is C22H32N4O3. The summed E-state index contributed by atoms with van der Waals surface area (Å²) < 4.78 is 7.42. The molecule has 1 saturated heterocycles. The number of amides is 2. The van der Waals surface area contributed by atoms with E-state index in [4.69, 9.17) is 4.74 Å². The van der Waals surface area contributed by atoms with Gasteiger partial charge in [-0.15, -0.1) is 0 Å². The molecule has 2 amide bonds. The molecule has 3 rings (SSSR count). The Labute approximate surface area is 172 Å². The van der Waals surface area contributed by atoms with Gasteiger partial charge in [0.25, 0.3) is 5.91 Å². The smallest absolute Gasteiger partial charge is 0.267 e. The Kier molecular flexibility index (Phi) is 7.28. The van der Waals surface area contributed by atoms with Crippen LogP contribution in [0.3, 0.4) is 0 Å². The minimum atomic E-state index is -0.0804. The summed E-state index contributed by atoms with van der Waals surface area (Å²) in [7, 11) is 0. The van der Waals surface area contributed by atoms with Gasteiger partial charge in [-0.2, -0.15) is 0 Å². The van der Waals surface area contributed by atoms with Crippen molar-refractivity contribution in [3.05, 3.63) is 30.0 Å². The van der Waals surface area contributed by atoms with Gasteiger partial charge in [-0.3, -0.25) is 14.5 Å². The van der Waals surface area contributed by atoms with Crippen molar-refractivity contribution in [2.24, 2.45) is 5.92 Å². The first-order chi connectivity index (χ1) is 14.0. The number of carbonyl (C=O) groups is 2. The number of carbonyl (C=O) groups excluding carboxylic acids is 2. The van der Waals surface area contributed by atoms with E-state index in [0.717, 1.165) is 62.4 Å². The summed E-state index contributed by atoms with van der Waals surface area (Å²) >= 11 is 0. The van der Waals surface area contributed by atoms with E-state index in [0.29, 0.717) is 12.2 Å². The summed E-state index contributed by atoms with van der Waals surface area (Å²) in [6.07, 6.45) is 0.934. The number of aromatic nitrogens is 1. The van der Waals surface area contributed by atoms with E-state index in [-0.39, 0.29) is 17.7 Å². The third-order valence-corrected chi connectivity index (χ3v) is 5.19. The lowest BCUT2D eigenvalue weighted by Crippen LogP contribution is -2.41. The zero-order chi connectivity index (χ0) is 20.8. The van der Waals surface area contributed by atoms with Gasteiger partial charge in [0.2, 0.25) is 5.91 Å². The van der Waals surface area contributed by atoms with Crippen LogP contribution in [0.4, 0.5) is 5.69 Å². The highest BCUT2D eigenvalue weighted by Gasteiger charge is 2.17. The molecule has 29 heavy (non-hydrogen) atoms. The van der Waals surface area contributed by atoms with Gasteiger partial charge in [-0.05, 0) is 30.7 Å². The second-order valence-electron chi connectivity index (χ2n) is 7.81. The van der Waals surface area contributed by atoms with Crippen LogP contribution in [0, 0.1) is 5.92 Å². The molecule has 1 fully saturated rings. The highest BCUT2D eigenvalue weighted by Crippen LogP contribution is 2.24. The molecule has 2 aromatic rings. The van der Waals surface area contributed by atoms with Crippen LogP contribution >= 0.6 is 0 Å². The molecule has 0 unspecified atom stereocenters. The second-order valence-corrected chi connectivity index (χ2v) is 7.81. The third kappa shape index (κ3) is 5.36. The minimum Gasteiger partial charge on any atom is -0.379 e. The van der Waals surface area contributed by atoms with Crippen molar-refractivity contribution < 1.29 is 14.3 Å². The van der Waals surface area contributed by atoms with Gasteiger partial charge in [0.15, 0.2) is 0 Å². The van der Waals surface area contributed by atoms with Crippen LogP contribution in [0.2, 0.25) is 0 Å². The van der Waals surface area contributed by atoms with Crippen LogP contribution in [0.25, 0.3) is 10.9 Å². The minimum absolute atomic E-state index is 0.0154. The lowest BCUT2D eigenvalue weighted by Gasteiger charge is -2.26. The Balaban J connectivity index is 1.73. The van der Waals surface area contributed by atoms with Crippen molar-refractivity contribution in [1.29, 1.82) is 0 Å². The maximum Gasteiger partial charge on any atom is 0.267 e. The van der Waals surface area contributed by atoms with Crippen LogP contribution in [-0.4, -0.2) is 60.7 Å². The lowest BCUT2D eigenvalue weighted by molar-refractivity contribution is -0.118. The number of nitrogens with one attached hydrogen (secondary N) is 2. The van der Waals surface area contributed by atoms with Crippen molar-refractivity contribution in [2.45, 2.75) is 33.7 Å². The summed E-state index contributed by atoms with van der Waals surface area (Å²) in [4.78, 5) is 27.1. The van der Waals surface area contributed by atoms with Gasteiger partial charge in [0.1, 0.15) is 5.69 Å². The van der Waals surface area contributed by atoms with E-state index in [1.165, 1.54) is 0 Å². The molecule has 2 heterocycles. The average molecular weight is 401 g/mol. The Bertz CT molecular complexity index is 853. The third-order valence-electron chi connectivity index (χ3n) is 5.19. The number of benzene rings is 1. The lowest BCUT2D eigenvalue weighted by atomic mass is 10.2. The normalized spacial score (nSPS) is 15.0. The number of anilines is 1. The molecule has 7 nitrogen and oxygen atoms in total. The molecular weight excluding hydrogens is 368 g/mol. The topological polar surface area (TPSA) is 75.6 Å². The van der Waals surface area contributed by atoms with E-state index in [1.807, 2.05) is 38.1 Å². The van der Waals surface area contributed by atoms with E-state index in [2.05, 4.69) is 27.0 Å². The molecule has 158 valence electrons. The molecule has 1 aromatic carbocycles. The Morgan fingerprint density at radius 1 is 1.14 bits per heavy atom. The van der Waals surface area contributed by atoms with Gasteiger partial charge >= 0.3 is 0 Å². The Morgan fingerprint density at radius 2 is 1.90 bits per heavy atom. The van der Waals surface area contributed by atoms with Crippen LogP contribution in [0.1, 0.15) is 37.7 Å². The summed E-state index contributed by atoms with van der Waals surface area (Å²) in [5, 5.41) is 6.94. The predicted octanol–water partition coefficient (Wildman–Crippen LogP) is 2.71. The van der Waals surface area contributed by atoms with Crippen LogP contribution in [0.5, 0.6) is 0 Å². The fourth-order valence-electron chi connectivity index (χ4n) is 3.53. The number of nitrogens with zero attached hydrogens (tertiary/aromatic N) is 2. The SMILES string of the molecule is CCCn1c(C(=O)NCCN2CCOCC2)cc2cc(NC(=O)C(C)C)ccc21. The zero-order valence-corrected chi connectivity index (χ0v) is 17.7. The molecule has 0 spiro atoms. The maximum atomic E-state index is 12.9. The number of morpholine rings is 1. The summed E-state index contributed by atoms with van der Waals surface area (Å²) in [6, 6.07) is 7.73. The summed E-state index contributed by atoms with van der Waals surface area (Å²) in [6.45, 7) is 11.4. The van der Waals surface area contributed by atoms with Gasteiger partial charge in [0, 0.05) is 55.2 Å². The van der Waals surface area contributed by atoms with E-state index in [1.54, 1.807) is 0 Å². The number of rotatable bonds is 8. The molecule has 1 aromatic heterocycles. The molecule has 0 radical (unpaired) electrons. The quantitative estimate of drug-likeness (QED) is 0.714. The van der Waals surface area contributed by atoms with Crippen molar-refractivity contribution in [1.82, 2.24) is 14.8 Å². The number of hydrogen-bond acceptors (Lipinski definition) is 4. The maximum absolute atomic E-state index is 12.9. The first-order valence-electron chi connectivity index (χ1n) is 10.5. The van der Waals surface area contributed by atoms with E-state index in [9.17, 15) is 9.59 Å². The van der Waals surface area contributed by atoms with Crippen LogP contribution in [-0.2, 0) is 16.1 Å². The van der Waals surface area contributed by atoms with Crippen molar-refractivity contribution >= 4 is 28.4 Å². The average Bonchev–Trinajstić information content (AvgIpc) is 3.07. The molecule has 0 aliphatic carbocycles. The first kappa shape index (κ1) is 21.3. The number of fused-ring (bicyclic) bond motifs is 1. The Morgan fingerprint density at radius 3 is 2.59 bits per heavy atom. The molecule has 0 saturated carbocycles. The zero-order valence-electron chi connectivity index (χ0n) is 17.7. The molecule has 0 atom stereocenters. The molecule has 2 N–H and O–H groups in total. The summed E-state index contributed by atoms with van der Waals surface area (Å²) in [5.74, 6) is -0.155. The van der Waals surface area contributed by atoms with Crippen molar-refractivity contribution in [2.75, 3.05) is 44.7 Å². The van der Waals surface area contributed by atoms with Gasteiger partial charge in [-0.25, -0.2) is 0 Å². The van der Waals surface area contributed by atoms with Gasteiger partial charge in [-0.1, -0.05) is 20.8 Å².